The van der Waals surface area contributed by atoms with E-state index >= 15 is 0 Å². The van der Waals surface area contributed by atoms with Gasteiger partial charge in [-0.05, 0) is 19.4 Å². The number of carbonyl (C=O) groups excluding carboxylic acids is 1. The molecule has 1 rings (SSSR count). The Kier molecular flexibility index (Phi) is 2.46. The van der Waals surface area contributed by atoms with Gasteiger partial charge in [0.2, 0.25) is 0 Å². The van der Waals surface area contributed by atoms with Crippen LogP contribution in [0.15, 0.2) is 6.20 Å². The number of aryl methyl sites for hydroxylation is 1. The normalized spacial score (nSPS) is 12.5. The third-order valence-corrected chi connectivity index (χ3v) is 1.82. The molecular weight excluding hydrogens is 172 g/mol. The zero-order valence-corrected chi connectivity index (χ0v) is 7.39. The van der Waals surface area contributed by atoms with E-state index < -0.39 is 12.0 Å². The molecule has 0 saturated carbocycles. The minimum atomic E-state index is -0.972. The highest BCUT2D eigenvalue weighted by atomic mass is 16.4. The van der Waals surface area contributed by atoms with Crippen LogP contribution in [0.2, 0.25) is 0 Å². The maximum absolute atomic E-state index is 10.6. The highest BCUT2D eigenvalue weighted by Crippen LogP contribution is 2.09. The van der Waals surface area contributed by atoms with E-state index in [1.165, 1.54) is 11.6 Å². The first-order chi connectivity index (χ1) is 6.06. The third-order valence-electron chi connectivity index (χ3n) is 1.82. The van der Waals surface area contributed by atoms with Gasteiger partial charge in [-0.1, -0.05) is 0 Å². The summed E-state index contributed by atoms with van der Waals surface area (Å²) in [5.74, 6) is -0.972. The van der Waals surface area contributed by atoms with Crippen LogP contribution in [0.4, 0.5) is 0 Å². The molecule has 70 valence electrons. The van der Waals surface area contributed by atoms with Crippen molar-refractivity contribution < 1.29 is 14.7 Å². The summed E-state index contributed by atoms with van der Waals surface area (Å²) in [7, 11) is 0. The van der Waals surface area contributed by atoms with Crippen LogP contribution in [0.5, 0.6) is 0 Å². The predicted molar refractivity (Wildman–Crippen MR) is 44.7 cm³/mol. The highest BCUT2D eigenvalue weighted by Gasteiger charge is 2.15. The summed E-state index contributed by atoms with van der Waals surface area (Å²) in [6.07, 6.45) is 2.16. The van der Waals surface area contributed by atoms with Crippen molar-refractivity contribution in [1.29, 1.82) is 0 Å². The number of carboxylic acids is 1. The molecule has 0 amide bonds. The Hall–Kier alpha value is -1.65. The molecule has 5 heteroatoms. The van der Waals surface area contributed by atoms with Crippen molar-refractivity contribution in [2.45, 2.75) is 19.9 Å². The van der Waals surface area contributed by atoms with Crippen LogP contribution in [0.3, 0.4) is 0 Å². The largest absolute Gasteiger partial charge is 0.480 e. The number of aldehydes is 1. The van der Waals surface area contributed by atoms with Crippen molar-refractivity contribution in [2.24, 2.45) is 0 Å². The zero-order valence-electron chi connectivity index (χ0n) is 7.39. The van der Waals surface area contributed by atoms with Crippen LogP contribution in [0.1, 0.15) is 29.0 Å². The van der Waals surface area contributed by atoms with E-state index in [1.54, 1.807) is 13.1 Å². The van der Waals surface area contributed by atoms with Crippen molar-refractivity contribution in [2.75, 3.05) is 0 Å². The molecule has 0 radical (unpaired) electrons. The van der Waals surface area contributed by atoms with Gasteiger partial charge in [0, 0.05) is 6.20 Å². The Balaban J connectivity index is 3.03. The van der Waals surface area contributed by atoms with E-state index in [1.807, 2.05) is 0 Å². The predicted octanol–water partition coefficient (Wildman–Crippen LogP) is 0.650. The zero-order chi connectivity index (χ0) is 10.0. The molecule has 1 heterocycles. The fourth-order valence-electron chi connectivity index (χ4n) is 0.925. The summed E-state index contributed by atoms with van der Waals surface area (Å²) in [5.41, 5.74) is 0.969. The van der Waals surface area contributed by atoms with Gasteiger partial charge in [-0.3, -0.25) is 9.48 Å². The number of carboxylic acid groups (broad SMARTS) is 1. The van der Waals surface area contributed by atoms with Gasteiger partial charge in [0.1, 0.15) is 11.7 Å². The van der Waals surface area contributed by atoms with Crippen LogP contribution in [-0.4, -0.2) is 27.1 Å². The summed E-state index contributed by atoms with van der Waals surface area (Å²) >= 11 is 0. The van der Waals surface area contributed by atoms with Gasteiger partial charge >= 0.3 is 5.97 Å². The van der Waals surface area contributed by atoms with E-state index in [0.717, 1.165) is 0 Å². The number of hydrogen-bond acceptors (Lipinski definition) is 3. The number of rotatable bonds is 3. The van der Waals surface area contributed by atoms with Crippen molar-refractivity contribution >= 4 is 12.3 Å². The average Bonchev–Trinajstić information content (AvgIpc) is 2.45. The van der Waals surface area contributed by atoms with Crippen LogP contribution < -0.4 is 0 Å². The first-order valence-corrected chi connectivity index (χ1v) is 3.80. The number of carbonyl (C=O) groups is 2. The average molecular weight is 182 g/mol. The van der Waals surface area contributed by atoms with Crippen molar-refractivity contribution in [1.82, 2.24) is 9.78 Å². The quantitative estimate of drug-likeness (QED) is 0.696. The standard InChI is InChI=1S/C8H10N2O3/c1-5-3-10(6(2)8(12)13)9-7(5)4-11/h3-4,6H,1-2H3,(H,12,13). The summed E-state index contributed by atoms with van der Waals surface area (Å²) in [5, 5.41) is 12.5. The van der Waals surface area contributed by atoms with Gasteiger partial charge < -0.3 is 5.11 Å². The second-order valence-corrected chi connectivity index (χ2v) is 2.81. The first-order valence-electron chi connectivity index (χ1n) is 3.80. The summed E-state index contributed by atoms with van der Waals surface area (Å²) in [6, 6.07) is -0.743. The Bertz CT molecular complexity index is 343. The Morgan fingerprint density at radius 3 is 2.77 bits per heavy atom. The monoisotopic (exact) mass is 182 g/mol. The molecule has 1 aromatic rings. The SMILES string of the molecule is Cc1cn(C(C)C(=O)O)nc1C=O. The topological polar surface area (TPSA) is 72.2 Å². The van der Waals surface area contributed by atoms with Gasteiger partial charge in [0.15, 0.2) is 6.29 Å². The molecular formula is C8H10N2O3. The molecule has 0 aliphatic carbocycles. The fourth-order valence-corrected chi connectivity index (χ4v) is 0.925. The lowest BCUT2D eigenvalue weighted by Crippen LogP contribution is -2.16. The molecule has 5 nitrogen and oxygen atoms in total. The summed E-state index contributed by atoms with van der Waals surface area (Å²) < 4.78 is 1.27. The van der Waals surface area contributed by atoms with Crippen LogP contribution in [0, 0.1) is 6.92 Å². The van der Waals surface area contributed by atoms with Crippen molar-refractivity contribution in [3.8, 4) is 0 Å². The second kappa shape index (κ2) is 3.38. The lowest BCUT2D eigenvalue weighted by Gasteiger charge is -2.04. The Morgan fingerprint density at radius 1 is 1.77 bits per heavy atom. The number of aromatic nitrogens is 2. The highest BCUT2D eigenvalue weighted by molar-refractivity contribution is 5.74. The van der Waals surface area contributed by atoms with Gasteiger partial charge in [0.25, 0.3) is 0 Å². The molecule has 1 aromatic heterocycles. The molecule has 0 bridgehead atoms. The first kappa shape index (κ1) is 9.44. The summed E-state index contributed by atoms with van der Waals surface area (Å²) in [4.78, 5) is 21.0. The van der Waals surface area contributed by atoms with Gasteiger partial charge in [-0.2, -0.15) is 5.10 Å². The molecule has 0 aromatic carbocycles. The molecule has 13 heavy (non-hydrogen) atoms. The third kappa shape index (κ3) is 1.74. The van der Waals surface area contributed by atoms with Crippen LogP contribution >= 0.6 is 0 Å². The summed E-state index contributed by atoms with van der Waals surface area (Å²) in [6.45, 7) is 3.21. The molecule has 0 aliphatic rings. The van der Waals surface area contributed by atoms with Gasteiger partial charge in [-0.25, -0.2) is 4.79 Å². The van der Waals surface area contributed by atoms with Crippen LogP contribution in [-0.2, 0) is 4.79 Å². The molecule has 1 unspecified atom stereocenters. The Labute approximate surface area is 75.0 Å². The number of nitrogens with zero attached hydrogens (tertiary/aromatic N) is 2. The fraction of sp³-hybridized carbons (Fsp3) is 0.375. The maximum atomic E-state index is 10.6. The minimum absolute atomic E-state index is 0.285. The molecule has 1 atom stereocenters. The van der Waals surface area contributed by atoms with Crippen molar-refractivity contribution in [3.63, 3.8) is 0 Å². The number of hydrogen-bond donors (Lipinski definition) is 1. The van der Waals surface area contributed by atoms with E-state index in [0.29, 0.717) is 11.8 Å². The second-order valence-electron chi connectivity index (χ2n) is 2.81. The molecule has 0 fully saturated rings. The minimum Gasteiger partial charge on any atom is -0.480 e. The molecule has 0 spiro atoms. The van der Waals surface area contributed by atoms with Crippen LogP contribution in [0.25, 0.3) is 0 Å². The van der Waals surface area contributed by atoms with E-state index in [-0.39, 0.29) is 5.69 Å². The van der Waals surface area contributed by atoms with Gasteiger partial charge in [-0.15, -0.1) is 0 Å². The lowest BCUT2D eigenvalue weighted by molar-refractivity contribution is -0.140. The van der Waals surface area contributed by atoms with E-state index in [2.05, 4.69) is 5.10 Å². The van der Waals surface area contributed by atoms with Crippen molar-refractivity contribution in [3.05, 3.63) is 17.5 Å². The molecule has 0 saturated heterocycles. The smallest absolute Gasteiger partial charge is 0.328 e. The maximum Gasteiger partial charge on any atom is 0.328 e. The van der Waals surface area contributed by atoms with Gasteiger partial charge in [0.05, 0.1) is 0 Å². The Morgan fingerprint density at radius 2 is 2.38 bits per heavy atom. The number of aliphatic carboxylic acids is 1. The van der Waals surface area contributed by atoms with E-state index in [4.69, 9.17) is 5.11 Å². The van der Waals surface area contributed by atoms with E-state index in [9.17, 15) is 9.59 Å². The molecule has 1 N–H and O–H groups in total. The molecule has 0 aliphatic heterocycles. The lowest BCUT2D eigenvalue weighted by atomic mass is 10.3.